The molecule has 1 atom stereocenters. The molecule has 68 heavy (non-hydrogen) atoms. The molecule has 3 aromatic carbocycles. The van der Waals surface area contributed by atoms with Crippen molar-refractivity contribution in [3.63, 3.8) is 0 Å². The van der Waals surface area contributed by atoms with Crippen LogP contribution < -0.4 is 35.0 Å². The molecule has 3 fully saturated rings. The number of hydrogen-bond acceptors (Lipinski definition) is 16. The molecule has 0 aliphatic carbocycles. The maximum Gasteiger partial charge on any atom is 0.255 e. The number of imide groups is 1. The van der Waals surface area contributed by atoms with Crippen LogP contribution in [0, 0.1) is 0 Å². The van der Waals surface area contributed by atoms with Crippen molar-refractivity contribution in [1.29, 1.82) is 0 Å². The second-order valence-corrected chi connectivity index (χ2v) is 19.1. The fraction of sp³-hybridized carbons (Fsp3) is 0.449. The van der Waals surface area contributed by atoms with Crippen molar-refractivity contribution >= 4 is 91.1 Å². The minimum absolute atomic E-state index is 0.168. The molecular weight excluding hydrogens is 949 g/mol. The fourth-order valence-electron chi connectivity index (χ4n) is 9.84. The summed E-state index contributed by atoms with van der Waals surface area (Å²) in [6.45, 7) is 10.7. The number of methoxy groups -OCH3 is 1. The molecule has 0 radical (unpaired) electrons. The van der Waals surface area contributed by atoms with Gasteiger partial charge in [-0.1, -0.05) is 18.9 Å². The van der Waals surface area contributed by atoms with Gasteiger partial charge < -0.3 is 39.5 Å². The third-order valence-corrected chi connectivity index (χ3v) is 14.5. The summed E-state index contributed by atoms with van der Waals surface area (Å²) in [5.74, 6) is 1.66. The van der Waals surface area contributed by atoms with Gasteiger partial charge in [0, 0.05) is 100 Å². The molecule has 358 valence electrons. The van der Waals surface area contributed by atoms with Crippen LogP contribution in [-0.4, -0.2) is 130 Å². The Morgan fingerprint density at radius 3 is 2.50 bits per heavy atom. The normalized spacial score (nSPS) is 18.2. The van der Waals surface area contributed by atoms with Gasteiger partial charge in [-0.15, -0.1) is 0 Å². The second kappa shape index (κ2) is 21.7. The summed E-state index contributed by atoms with van der Waals surface area (Å²) in [7, 11) is 1.71. The SMILES string of the molecule is CCc1cc(Nc2ncc(Br)c(Nc3ccc4nccnc4c3NSC)n2)c(OC)cc1N1CCC(N2CCN(CCCCCOc3ccc4c(c3)CN(C3CCC(=O)NC3=O)C4=O)CC2)CC1. The van der Waals surface area contributed by atoms with Gasteiger partial charge in [0.1, 0.15) is 28.9 Å². The Morgan fingerprint density at radius 2 is 1.72 bits per heavy atom. The molecular formula is C49H59BrN12O5S. The highest BCUT2D eigenvalue weighted by Gasteiger charge is 2.39. The van der Waals surface area contributed by atoms with Crippen LogP contribution in [0.3, 0.4) is 0 Å². The number of piperazine rings is 1. The van der Waals surface area contributed by atoms with Gasteiger partial charge in [-0.3, -0.25) is 34.6 Å². The summed E-state index contributed by atoms with van der Waals surface area (Å²) in [5, 5.41) is 9.26. The molecule has 4 N–H and O–H groups in total. The number of carbonyl (C=O) groups excluding carboxylic acids is 3. The van der Waals surface area contributed by atoms with E-state index >= 15 is 0 Å². The van der Waals surface area contributed by atoms with Crippen molar-refractivity contribution in [3.8, 4) is 11.5 Å². The number of aryl methyl sites for hydroxylation is 1. The average molecular weight is 1010 g/mol. The van der Waals surface area contributed by atoms with Crippen molar-refractivity contribution in [2.24, 2.45) is 0 Å². The zero-order valence-electron chi connectivity index (χ0n) is 38.9. The van der Waals surface area contributed by atoms with E-state index in [0.29, 0.717) is 47.4 Å². The van der Waals surface area contributed by atoms with Crippen molar-refractivity contribution in [2.45, 2.75) is 76.9 Å². The average Bonchev–Trinajstić information content (AvgIpc) is 3.68. The van der Waals surface area contributed by atoms with E-state index < -0.39 is 11.9 Å². The molecule has 0 spiro atoms. The molecule has 2 aromatic heterocycles. The van der Waals surface area contributed by atoms with Crippen LogP contribution in [0.25, 0.3) is 11.0 Å². The number of fused-ring (bicyclic) bond motifs is 2. The number of nitrogens with zero attached hydrogens (tertiary/aromatic N) is 8. The molecule has 0 bridgehead atoms. The molecule has 4 aliphatic rings. The lowest BCUT2D eigenvalue weighted by Gasteiger charge is -2.43. The first-order chi connectivity index (χ1) is 33.2. The molecule has 9 rings (SSSR count). The molecule has 19 heteroatoms. The lowest BCUT2D eigenvalue weighted by atomic mass is 9.99. The van der Waals surface area contributed by atoms with Gasteiger partial charge in [-0.05, 0) is 115 Å². The zero-order chi connectivity index (χ0) is 47.1. The van der Waals surface area contributed by atoms with Gasteiger partial charge in [0.05, 0.1) is 40.8 Å². The van der Waals surface area contributed by atoms with E-state index in [-0.39, 0.29) is 18.2 Å². The molecule has 3 amide bonds. The number of halogens is 1. The van der Waals surface area contributed by atoms with E-state index in [9.17, 15) is 14.4 Å². The number of benzene rings is 3. The maximum atomic E-state index is 13.0. The van der Waals surface area contributed by atoms with Crippen LogP contribution in [-0.2, 0) is 22.6 Å². The smallest absolute Gasteiger partial charge is 0.255 e. The van der Waals surface area contributed by atoms with Crippen LogP contribution in [0.2, 0.25) is 0 Å². The van der Waals surface area contributed by atoms with Crippen molar-refractivity contribution in [1.82, 2.24) is 40.0 Å². The lowest BCUT2D eigenvalue weighted by molar-refractivity contribution is -0.136. The Labute approximate surface area is 409 Å². The number of carbonyl (C=O) groups is 3. The fourth-order valence-corrected chi connectivity index (χ4v) is 10.5. The first-order valence-corrected chi connectivity index (χ1v) is 25.6. The van der Waals surface area contributed by atoms with E-state index in [4.69, 9.17) is 14.5 Å². The van der Waals surface area contributed by atoms with E-state index in [2.05, 4.69) is 85.3 Å². The Balaban J connectivity index is 0.714. The predicted octanol–water partition coefficient (Wildman–Crippen LogP) is 7.53. The van der Waals surface area contributed by atoms with Crippen LogP contribution >= 0.6 is 27.9 Å². The van der Waals surface area contributed by atoms with Gasteiger partial charge >= 0.3 is 0 Å². The number of unbranched alkanes of at least 4 members (excludes halogenated alkanes) is 2. The van der Waals surface area contributed by atoms with Crippen molar-refractivity contribution in [3.05, 3.63) is 82.2 Å². The molecule has 6 heterocycles. The Hall–Kier alpha value is -5.76. The maximum absolute atomic E-state index is 13.0. The van der Waals surface area contributed by atoms with E-state index in [1.54, 1.807) is 36.7 Å². The number of anilines is 6. The Kier molecular flexibility index (Phi) is 15.1. The number of hydrogen-bond donors (Lipinski definition) is 4. The minimum Gasteiger partial charge on any atom is -0.494 e. The summed E-state index contributed by atoms with van der Waals surface area (Å²) in [5.41, 5.74) is 7.92. The summed E-state index contributed by atoms with van der Waals surface area (Å²) in [6, 6.07) is 13.8. The highest BCUT2D eigenvalue weighted by atomic mass is 79.9. The number of nitrogens with one attached hydrogen (secondary N) is 4. The monoisotopic (exact) mass is 1010 g/mol. The van der Waals surface area contributed by atoms with Crippen LogP contribution in [0.4, 0.5) is 34.5 Å². The predicted molar refractivity (Wildman–Crippen MR) is 270 cm³/mol. The number of ether oxygens (including phenoxy) is 2. The summed E-state index contributed by atoms with van der Waals surface area (Å²) in [4.78, 5) is 64.9. The third kappa shape index (κ3) is 10.6. The highest BCUT2D eigenvalue weighted by Crippen LogP contribution is 2.39. The minimum atomic E-state index is -0.615. The molecule has 3 saturated heterocycles. The van der Waals surface area contributed by atoms with Gasteiger partial charge in [0.15, 0.2) is 0 Å². The summed E-state index contributed by atoms with van der Waals surface area (Å²) >= 11 is 5.12. The third-order valence-electron chi connectivity index (χ3n) is 13.5. The van der Waals surface area contributed by atoms with E-state index in [0.717, 1.165) is 129 Å². The van der Waals surface area contributed by atoms with E-state index in [1.807, 2.05) is 30.5 Å². The first-order valence-electron chi connectivity index (χ1n) is 23.6. The highest BCUT2D eigenvalue weighted by molar-refractivity contribution is 9.10. The van der Waals surface area contributed by atoms with Crippen LogP contribution in [0.5, 0.6) is 11.5 Å². The molecule has 0 saturated carbocycles. The Morgan fingerprint density at radius 1 is 0.897 bits per heavy atom. The number of piperidine rings is 2. The number of rotatable bonds is 18. The van der Waals surface area contributed by atoms with Crippen LogP contribution in [0.1, 0.15) is 73.4 Å². The number of aromatic nitrogens is 4. The summed E-state index contributed by atoms with van der Waals surface area (Å²) in [6.07, 6.45) is 14.0. The second-order valence-electron chi connectivity index (χ2n) is 17.6. The van der Waals surface area contributed by atoms with Gasteiger partial charge in [-0.2, -0.15) is 4.98 Å². The largest absolute Gasteiger partial charge is 0.494 e. The lowest BCUT2D eigenvalue weighted by Crippen LogP contribution is -2.53. The van der Waals surface area contributed by atoms with Crippen LogP contribution in [0.15, 0.2) is 65.5 Å². The Bertz CT molecular complexity index is 2640. The number of amides is 3. The van der Waals surface area contributed by atoms with Gasteiger partial charge in [-0.25, -0.2) is 4.98 Å². The first kappa shape index (κ1) is 47.3. The van der Waals surface area contributed by atoms with Gasteiger partial charge in [0.25, 0.3) is 5.91 Å². The summed E-state index contributed by atoms with van der Waals surface area (Å²) < 4.78 is 16.1. The standard InChI is InChI=1S/C49H59BrN12O5S/c1-4-31-27-39(55-49-53-29-36(50)46(57-49)54-38-11-10-37-44(45(38)58-68-3)52-17-16-51-37)42(66-2)28-41(31)61-19-14-33(15-20-61)60-23-21-59(22-24-60)18-6-5-7-25-67-34-8-9-35-32(26-34)30-62(48(35)65)40-12-13-43(63)56-47(40)64/h8-11,16-17,26-29,33,40,58H,4-7,12-15,18-25,30H2,1-3H3,(H,56,63,64)(H2,53,54,55,57). The van der Waals surface area contributed by atoms with Crippen molar-refractivity contribution in [2.75, 3.05) is 86.0 Å². The van der Waals surface area contributed by atoms with Gasteiger partial charge in [0.2, 0.25) is 17.8 Å². The topological polar surface area (TPSA) is 182 Å². The quantitative estimate of drug-likeness (QED) is 0.0384. The van der Waals surface area contributed by atoms with E-state index in [1.165, 1.54) is 23.2 Å². The zero-order valence-corrected chi connectivity index (χ0v) is 41.3. The molecule has 1 unspecified atom stereocenters. The molecule has 4 aliphatic heterocycles. The van der Waals surface area contributed by atoms with Crippen molar-refractivity contribution < 1.29 is 23.9 Å². The molecule has 17 nitrogen and oxygen atoms in total. The molecule has 5 aromatic rings.